The lowest BCUT2D eigenvalue weighted by atomic mass is 9.91. The Kier molecular flexibility index (Phi) is 10.4. The maximum absolute atomic E-state index is 12.3. The average Bonchev–Trinajstić information content (AvgIpc) is 3.00. The van der Waals surface area contributed by atoms with E-state index < -0.39 is 11.6 Å². The van der Waals surface area contributed by atoms with Crippen LogP contribution in [0, 0.1) is 0 Å². The molecule has 0 saturated carbocycles. The fourth-order valence-electron chi connectivity index (χ4n) is 3.92. The van der Waals surface area contributed by atoms with Gasteiger partial charge in [0.15, 0.2) is 0 Å². The van der Waals surface area contributed by atoms with Crippen LogP contribution in [0.4, 0.5) is 4.79 Å². The van der Waals surface area contributed by atoms with E-state index in [9.17, 15) is 9.59 Å². The predicted octanol–water partition coefficient (Wildman–Crippen LogP) is 2.17. The van der Waals surface area contributed by atoms with E-state index in [0.717, 1.165) is 19.5 Å². The van der Waals surface area contributed by atoms with E-state index in [0.29, 0.717) is 39.0 Å². The number of halogens is 2. The van der Waals surface area contributed by atoms with Crippen molar-refractivity contribution in [2.75, 3.05) is 46.3 Å². The maximum Gasteiger partial charge on any atom is 0.410 e. The summed E-state index contributed by atoms with van der Waals surface area (Å²) < 4.78 is 5.75. The van der Waals surface area contributed by atoms with Crippen LogP contribution in [0.25, 0.3) is 0 Å². The first-order valence-electron chi connectivity index (χ1n) is 10.1. The number of hydrogen-bond donors (Lipinski definition) is 1. The van der Waals surface area contributed by atoms with Gasteiger partial charge < -0.3 is 25.2 Å². The summed E-state index contributed by atoms with van der Waals surface area (Å²) in [6, 6.07) is 9.93. The molecular weight excluding hydrogens is 427 g/mol. The molecule has 0 aliphatic carbocycles. The molecule has 0 bridgehead atoms. The third kappa shape index (κ3) is 6.74. The van der Waals surface area contributed by atoms with Crippen LogP contribution < -0.4 is 5.73 Å². The Morgan fingerprint density at radius 2 is 1.83 bits per heavy atom. The van der Waals surface area contributed by atoms with Crippen LogP contribution in [0.15, 0.2) is 30.3 Å². The molecule has 7 nitrogen and oxygen atoms in total. The summed E-state index contributed by atoms with van der Waals surface area (Å²) in [6.45, 7) is 5.93. The molecule has 2 aliphatic heterocycles. The summed E-state index contributed by atoms with van der Waals surface area (Å²) in [4.78, 5) is 30.2. The number of carbonyl (C=O) groups is 2. The van der Waals surface area contributed by atoms with Crippen LogP contribution in [0.3, 0.4) is 0 Å². The number of benzene rings is 1. The van der Waals surface area contributed by atoms with Crippen LogP contribution in [-0.2, 0) is 16.0 Å². The molecule has 3 rings (SSSR count). The summed E-state index contributed by atoms with van der Waals surface area (Å²) >= 11 is 0. The van der Waals surface area contributed by atoms with Crippen molar-refractivity contribution in [3.05, 3.63) is 35.9 Å². The maximum atomic E-state index is 12.3. The Morgan fingerprint density at radius 3 is 2.43 bits per heavy atom. The number of hydrogen-bond acceptors (Lipinski definition) is 5. The van der Waals surface area contributed by atoms with Gasteiger partial charge in [-0.1, -0.05) is 30.3 Å². The monoisotopic (exact) mass is 460 g/mol. The minimum absolute atomic E-state index is 0. The molecule has 1 spiro atoms. The highest BCUT2D eigenvalue weighted by Gasteiger charge is 2.47. The Balaban J connectivity index is 0.00000225. The van der Waals surface area contributed by atoms with Gasteiger partial charge in [-0.15, -0.1) is 24.8 Å². The van der Waals surface area contributed by atoms with Crippen molar-refractivity contribution in [2.24, 2.45) is 5.73 Å². The normalized spacial score (nSPS) is 18.6. The highest BCUT2D eigenvalue weighted by molar-refractivity contribution is 5.85. The molecule has 9 heteroatoms. The van der Waals surface area contributed by atoms with Crippen LogP contribution in [0.1, 0.15) is 25.3 Å². The number of nitrogens with zero attached hydrogens (tertiary/aromatic N) is 3. The Labute approximate surface area is 191 Å². The third-order valence-electron chi connectivity index (χ3n) is 5.79. The van der Waals surface area contributed by atoms with Crippen molar-refractivity contribution in [3.63, 3.8) is 0 Å². The van der Waals surface area contributed by atoms with Crippen molar-refractivity contribution < 1.29 is 14.3 Å². The van der Waals surface area contributed by atoms with Gasteiger partial charge in [-0.3, -0.25) is 4.79 Å². The smallest absolute Gasteiger partial charge is 0.410 e. The molecule has 30 heavy (non-hydrogen) atoms. The van der Waals surface area contributed by atoms with Gasteiger partial charge in [0.05, 0.1) is 12.6 Å². The van der Waals surface area contributed by atoms with E-state index in [4.69, 9.17) is 10.5 Å². The zero-order chi connectivity index (χ0) is 20.1. The molecule has 2 aliphatic rings. The van der Waals surface area contributed by atoms with E-state index in [2.05, 4.69) is 36.2 Å². The number of ether oxygens (including phenoxy) is 1. The number of likely N-dealkylation sites (tertiary alicyclic amines) is 1. The number of piperidine rings is 1. The topological polar surface area (TPSA) is 79.1 Å². The second-order valence-corrected chi connectivity index (χ2v) is 8.13. The zero-order valence-corrected chi connectivity index (χ0v) is 19.4. The molecule has 2 heterocycles. The van der Waals surface area contributed by atoms with Gasteiger partial charge in [0, 0.05) is 45.6 Å². The Bertz CT molecular complexity index is 682. The number of amides is 2. The summed E-state index contributed by atoms with van der Waals surface area (Å²) in [5.41, 5.74) is 6.57. The molecule has 2 N–H and O–H groups in total. The number of rotatable bonds is 7. The van der Waals surface area contributed by atoms with E-state index in [-0.39, 0.29) is 36.8 Å². The van der Waals surface area contributed by atoms with Crippen LogP contribution in [-0.4, -0.2) is 84.7 Å². The lowest BCUT2D eigenvalue weighted by molar-refractivity contribution is -0.135. The number of nitrogens with two attached hydrogens (primary N) is 1. The van der Waals surface area contributed by atoms with Crippen molar-refractivity contribution in [1.82, 2.24) is 14.7 Å². The third-order valence-corrected chi connectivity index (χ3v) is 5.79. The van der Waals surface area contributed by atoms with E-state index in [1.807, 2.05) is 11.0 Å². The SMILES string of the molecule is C[C@@H](N)C(=O)N1CCC2(CC1)CN(CCN(C)CCc1ccccc1)C(=O)O2.Cl.Cl. The molecule has 2 fully saturated rings. The quantitative estimate of drug-likeness (QED) is 0.674. The average molecular weight is 461 g/mol. The van der Waals surface area contributed by atoms with E-state index >= 15 is 0 Å². The fraction of sp³-hybridized carbons (Fsp3) is 0.619. The van der Waals surface area contributed by atoms with Crippen LogP contribution >= 0.6 is 24.8 Å². The molecule has 0 radical (unpaired) electrons. The first-order chi connectivity index (χ1) is 13.4. The van der Waals surface area contributed by atoms with Crippen molar-refractivity contribution in [2.45, 2.75) is 37.8 Å². The van der Waals surface area contributed by atoms with Gasteiger partial charge in [-0.05, 0) is 26.0 Å². The van der Waals surface area contributed by atoms with Crippen LogP contribution in [0.2, 0.25) is 0 Å². The lowest BCUT2D eigenvalue weighted by Crippen LogP contribution is -2.52. The van der Waals surface area contributed by atoms with Gasteiger partial charge >= 0.3 is 6.09 Å². The minimum atomic E-state index is -0.483. The standard InChI is InChI=1S/C21H32N4O3.2ClH/c1-17(22)19(26)24-12-9-21(10-13-24)16-25(20(27)28-21)15-14-23(2)11-8-18-6-4-3-5-7-18;;/h3-7,17H,8-16,22H2,1-2H3;2*1H/t17-;;/m1../s1. The molecule has 1 aromatic rings. The second-order valence-electron chi connectivity index (χ2n) is 8.13. The number of carbonyl (C=O) groups excluding carboxylic acids is 2. The highest BCUT2D eigenvalue weighted by atomic mass is 35.5. The summed E-state index contributed by atoms with van der Waals surface area (Å²) in [5, 5.41) is 0. The van der Waals surface area contributed by atoms with E-state index in [1.54, 1.807) is 11.8 Å². The van der Waals surface area contributed by atoms with Gasteiger partial charge in [0.2, 0.25) is 5.91 Å². The van der Waals surface area contributed by atoms with Crippen molar-refractivity contribution in [3.8, 4) is 0 Å². The van der Waals surface area contributed by atoms with Gasteiger partial charge in [-0.2, -0.15) is 0 Å². The molecule has 170 valence electrons. The molecule has 1 aromatic carbocycles. The summed E-state index contributed by atoms with van der Waals surface area (Å²) in [6.07, 6.45) is 2.12. The first kappa shape index (κ1) is 26.5. The largest absolute Gasteiger partial charge is 0.441 e. The van der Waals surface area contributed by atoms with Crippen molar-refractivity contribution in [1.29, 1.82) is 0 Å². The minimum Gasteiger partial charge on any atom is -0.441 e. The Morgan fingerprint density at radius 1 is 1.20 bits per heavy atom. The van der Waals surface area contributed by atoms with E-state index in [1.165, 1.54) is 5.56 Å². The van der Waals surface area contributed by atoms with Crippen molar-refractivity contribution >= 4 is 36.8 Å². The summed E-state index contributed by atoms with van der Waals surface area (Å²) in [5.74, 6) is -0.0314. The molecular formula is C21H34Cl2N4O3. The second kappa shape index (κ2) is 11.7. The van der Waals surface area contributed by atoms with Gasteiger partial charge in [0.25, 0.3) is 0 Å². The highest BCUT2D eigenvalue weighted by Crippen LogP contribution is 2.33. The Hall–Kier alpha value is -1.54. The van der Waals surface area contributed by atoms with Gasteiger partial charge in [0.1, 0.15) is 5.60 Å². The molecule has 1 atom stereocenters. The van der Waals surface area contributed by atoms with Gasteiger partial charge in [-0.25, -0.2) is 4.79 Å². The summed E-state index contributed by atoms with van der Waals surface area (Å²) in [7, 11) is 2.08. The molecule has 2 amide bonds. The van der Waals surface area contributed by atoms with Crippen LogP contribution in [0.5, 0.6) is 0 Å². The first-order valence-corrected chi connectivity index (χ1v) is 10.1. The molecule has 0 aromatic heterocycles. The lowest BCUT2D eigenvalue weighted by Gasteiger charge is -2.38. The molecule has 2 saturated heterocycles. The number of likely N-dealkylation sites (N-methyl/N-ethyl adjacent to an activating group) is 1. The fourth-order valence-corrected chi connectivity index (χ4v) is 3.92. The molecule has 0 unspecified atom stereocenters. The predicted molar refractivity (Wildman–Crippen MR) is 122 cm³/mol. The zero-order valence-electron chi connectivity index (χ0n) is 17.8.